The van der Waals surface area contributed by atoms with Crippen LogP contribution in [0.3, 0.4) is 0 Å². The van der Waals surface area contributed by atoms with Crippen LogP contribution in [-0.2, 0) is 20.0 Å². The van der Waals surface area contributed by atoms with Crippen molar-refractivity contribution in [1.82, 2.24) is 14.5 Å². The molecule has 2 aromatic heterocycles. The summed E-state index contributed by atoms with van der Waals surface area (Å²) in [6, 6.07) is 18.4. The number of hydrogen-bond acceptors (Lipinski definition) is 3. The molecule has 5 rings (SSSR count). The van der Waals surface area contributed by atoms with Crippen molar-refractivity contribution in [2.45, 2.75) is 24.3 Å². The van der Waals surface area contributed by atoms with E-state index in [0.29, 0.717) is 0 Å². The highest BCUT2D eigenvalue weighted by Crippen LogP contribution is 2.29. The van der Waals surface area contributed by atoms with Gasteiger partial charge in [-0.3, -0.25) is 9.36 Å². The molecule has 0 spiro atoms. The molecule has 4 aromatic rings. The molecule has 0 bridgehead atoms. The van der Waals surface area contributed by atoms with E-state index in [1.54, 1.807) is 22.4 Å². The van der Waals surface area contributed by atoms with Gasteiger partial charge in [-0.25, -0.2) is 0 Å². The van der Waals surface area contributed by atoms with Gasteiger partial charge in [-0.2, -0.15) is 0 Å². The maximum atomic E-state index is 12.9. The number of hydrogen-bond donors (Lipinski definition) is 1. The van der Waals surface area contributed by atoms with Gasteiger partial charge in [-0.1, -0.05) is 18.2 Å². The highest BCUT2D eigenvalue weighted by molar-refractivity contribution is 7.98. The summed E-state index contributed by atoms with van der Waals surface area (Å²) in [4.78, 5) is 14.2. The number of nitrogens with zero attached hydrogens (tertiary/aromatic N) is 2. The zero-order valence-electron chi connectivity index (χ0n) is 17.3. The number of rotatable bonds is 3. The molecule has 0 atom stereocenters. The lowest BCUT2D eigenvalue weighted by atomic mass is 10.1. The van der Waals surface area contributed by atoms with Crippen LogP contribution in [0.25, 0.3) is 27.7 Å². The highest BCUT2D eigenvalue weighted by Gasteiger charge is 2.17. The van der Waals surface area contributed by atoms with E-state index in [1.165, 1.54) is 27.1 Å². The van der Waals surface area contributed by atoms with Crippen LogP contribution in [0.4, 0.5) is 0 Å². The van der Waals surface area contributed by atoms with Crippen molar-refractivity contribution < 1.29 is 0 Å². The Labute approximate surface area is 180 Å². The lowest BCUT2D eigenvalue weighted by Gasteiger charge is -2.09. The maximum absolute atomic E-state index is 12.9. The molecule has 2 aromatic carbocycles. The molecule has 30 heavy (non-hydrogen) atoms. The van der Waals surface area contributed by atoms with Gasteiger partial charge in [0, 0.05) is 41.8 Å². The first-order chi connectivity index (χ1) is 14.7. The summed E-state index contributed by atoms with van der Waals surface area (Å²) in [6.07, 6.45) is 6.20. The molecule has 0 amide bonds. The Morgan fingerprint density at radius 3 is 2.60 bits per heavy atom. The number of benzene rings is 2. The molecule has 1 aliphatic heterocycles. The first-order valence-corrected chi connectivity index (χ1v) is 11.6. The third-order valence-corrected chi connectivity index (χ3v) is 6.85. The molecule has 0 saturated heterocycles. The first-order valence-electron chi connectivity index (χ1n) is 10.3. The lowest BCUT2D eigenvalue weighted by Crippen LogP contribution is -2.16. The van der Waals surface area contributed by atoms with Gasteiger partial charge in [-0.15, -0.1) is 11.8 Å². The number of aryl methyl sites for hydroxylation is 1. The lowest BCUT2D eigenvalue weighted by molar-refractivity contribution is 0.677. The van der Waals surface area contributed by atoms with E-state index in [9.17, 15) is 4.79 Å². The molecule has 1 aliphatic rings. The van der Waals surface area contributed by atoms with Gasteiger partial charge in [0.15, 0.2) is 0 Å². The van der Waals surface area contributed by atoms with Crippen LogP contribution >= 0.6 is 11.8 Å². The second kappa shape index (κ2) is 7.82. The SMILES string of the molecule is CSc1ccc(-c2ccn(-c3ccc4c5c(n(C)c4c3)CCCNC5)c(=O)c2)cc1. The molecule has 5 heteroatoms. The zero-order chi connectivity index (χ0) is 20.7. The molecule has 4 nitrogen and oxygen atoms in total. The van der Waals surface area contributed by atoms with Crippen LogP contribution in [0.2, 0.25) is 0 Å². The molecular weight excluding hydrogens is 390 g/mol. The summed E-state index contributed by atoms with van der Waals surface area (Å²) in [7, 11) is 2.14. The smallest absolute Gasteiger partial charge is 0.255 e. The van der Waals surface area contributed by atoms with E-state index in [-0.39, 0.29) is 5.56 Å². The van der Waals surface area contributed by atoms with Gasteiger partial charge in [-0.05, 0) is 72.7 Å². The van der Waals surface area contributed by atoms with E-state index >= 15 is 0 Å². The van der Waals surface area contributed by atoms with Crippen molar-refractivity contribution in [2.24, 2.45) is 7.05 Å². The number of thioether (sulfide) groups is 1. The van der Waals surface area contributed by atoms with Crippen LogP contribution in [0.15, 0.2) is 70.5 Å². The van der Waals surface area contributed by atoms with Gasteiger partial charge in [0.2, 0.25) is 0 Å². The highest BCUT2D eigenvalue weighted by atomic mass is 32.2. The minimum atomic E-state index is -0.0155. The van der Waals surface area contributed by atoms with Crippen molar-refractivity contribution in [1.29, 1.82) is 0 Å². The van der Waals surface area contributed by atoms with Crippen molar-refractivity contribution in [2.75, 3.05) is 12.8 Å². The molecule has 0 unspecified atom stereocenters. The Balaban J connectivity index is 1.55. The van der Waals surface area contributed by atoms with E-state index in [4.69, 9.17) is 0 Å². The molecule has 152 valence electrons. The van der Waals surface area contributed by atoms with Crippen LogP contribution in [0.1, 0.15) is 17.7 Å². The number of nitrogens with one attached hydrogen (secondary N) is 1. The fourth-order valence-electron chi connectivity index (χ4n) is 4.47. The average molecular weight is 416 g/mol. The Kier molecular flexibility index (Phi) is 5.01. The second-order valence-electron chi connectivity index (χ2n) is 7.82. The van der Waals surface area contributed by atoms with Crippen molar-refractivity contribution in [3.8, 4) is 16.8 Å². The van der Waals surface area contributed by atoms with Crippen LogP contribution in [0, 0.1) is 0 Å². The molecule has 0 aliphatic carbocycles. The van der Waals surface area contributed by atoms with Gasteiger partial charge in [0.25, 0.3) is 5.56 Å². The zero-order valence-corrected chi connectivity index (χ0v) is 18.1. The summed E-state index contributed by atoms with van der Waals surface area (Å²) in [5.41, 5.74) is 6.88. The molecule has 1 N–H and O–H groups in total. The quantitative estimate of drug-likeness (QED) is 0.491. The third kappa shape index (κ3) is 3.28. The number of fused-ring (bicyclic) bond motifs is 3. The van der Waals surface area contributed by atoms with Crippen LogP contribution < -0.4 is 10.9 Å². The Morgan fingerprint density at radius 1 is 1.00 bits per heavy atom. The Bertz CT molecular complexity index is 1280. The second-order valence-corrected chi connectivity index (χ2v) is 8.70. The monoisotopic (exact) mass is 415 g/mol. The van der Waals surface area contributed by atoms with Crippen molar-refractivity contribution in [3.05, 3.63) is 82.4 Å². The minimum absolute atomic E-state index is 0.0155. The van der Waals surface area contributed by atoms with Gasteiger partial charge >= 0.3 is 0 Å². The molecule has 0 saturated carbocycles. The topological polar surface area (TPSA) is 39.0 Å². The van der Waals surface area contributed by atoms with Gasteiger partial charge in [0.1, 0.15) is 0 Å². The number of aromatic nitrogens is 2. The molecule has 0 radical (unpaired) electrons. The van der Waals surface area contributed by atoms with Gasteiger partial charge in [0.05, 0.1) is 11.2 Å². The van der Waals surface area contributed by atoms with Crippen molar-refractivity contribution >= 4 is 22.7 Å². The summed E-state index contributed by atoms with van der Waals surface area (Å²) in [6.45, 7) is 1.98. The predicted molar refractivity (Wildman–Crippen MR) is 126 cm³/mol. The van der Waals surface area contributed by atoms with E-state index in [0.717, 1.165) is 42.7 Å². The average Bonchev–Trinajstić information content (AvgIpc) is 2.93. The van der Waals surface area contributed by atoms with E-state index < -0.39 is 0 Å². The summed E-state index contributed by atoms with van der Waals surface area (Å²) < 4.78 is 4.03. The molecule has 3 heterocycles. The van der Waals surface area contributed by atoms with Gasteiger partial charge < -0.3 is 9.88 Å². The van der Waals surface area contributed by atoms with E-state index in [2.05, 4.69) is 65.7 Å². The number of pyridine rings is 1. The maximum Gasteiger partial charge on any atom is 0.255 e. The largest absolute Gasteiger partial charge is 0.347 e. The van der Waals surface area contributed by atoms with E-state index in [1.807, 2.05) is 12.3 Å². The molecular formula is C25H25N3OS. The molecule has 0 fully saturated rings. The summed E-state index contributed by atoms with van der Waals surface area (Å²) in [5.74, 6) is 0. The normalized spacial score (nSPS) is 13.9. The first kappa shape index (κ1) is 19.2. The third-order valence-electron chi connectivity index (χ3n) is 6.11. The summed E-state index contributed by atoms with van der Waals surface area (Å²) >= 11 is 1.72. The predicted octanol–water partition coefficient (Wildman–Crippen LogP) is 4.75. The van der Waals surface area contributed by atoms with Crippen LogP contribution in [0.5, 0.6) is 0 Å². The summed E-state index contributed by atoms with van der Waals surface area (Å²) in [5, 5.41) is 4.81. The fraction of sp³-hybridized carbons (Fsp3) is 0.240. The Morgan fingerprint density at radius 2 is 1.83 bits per heavy atom. The van der Waals surface area contributed by atoms with Crippen molar-refractivity contribution in [3.63, 3.8) is 0 Å². The minimum Gasteiger partial charge on any atom is -0.347 e. The Hall–Kier alpha value is -2.76. The fourth-order valence-corrected chi connectivity index (χ4v) is 4.88. The standard InChI is InChI=1S/C25H25N3OS/c1-27-23-4-3-12-26-16-22(23)21-10-7-19(15-24(21)27)28-13-11-18(14-25(28)29)17-5-8-20(30-2)9-6-17/h5-11,13-15,26H,3-4,12,16H2,1-2H3. The van der Waals surface area contributed by atoms with Crippen LogP contribution in [-0.4, -0.2) is 21.9 Å².